The highest BCUT2D eigenvalue weighted by Crippen LogP contribution is 2.26. The molecule has 5 rings (SSSR count). The van der Waals surface area contributed by atoms with Gasteiger partial charge in [0.05, 0.1) is 16.9 Å². The van der Waals surface area contributed by atoms with Crippen molar-refractivity contribution >= 4 is 27.5 Å². The van der Waals surface area contributed by atoms with E-state index in [-0.39, 0.29) is 16.8 Å². The molecule has 3 aromatic carbocycles. The third kappa shape index (κ3) is 8.82. The number of nitrogens with zero attached hydrogens (tertiary/aromatic N) is 3. The van der Waals surface area contributed by atoms with Crippen molar-refractivity contribution in [1.82, 2.24) is 19.8 Å². The van der Waals surface area contributed by atoms with Crippen LogP contribution in [0.15, 0.2) is 84.1 Å². The van der Waals surface area contributed by atoms with Crippen molar-refractivity contribution < 1.29 is 22.7 Å². The van der Waals surface area contributed by atoms with Crippen molar-refractivity contribution in [2.75, 3.05) is 24.7 Å². The first-order valence-electron chi connectivity index (χ1n) is 15.3. The Kier molecular flexibility index (Phi) is 9.64. The average molecular weight is 644 g/mol. The van der Waals surface area contributed by atoms with Gasteiger partial charge in [0.15, 0.2) is 9.84 Å². The number of rotatable bonds is 8. The molecule has 1 saturated heterocycles. The molecule has 0 saturated carbocycles. The number of alkyl carbamates (subject to hydrolysis) is 1. The number of sulfone groups is 1. The van der Waals surface area contributed by atoms with E-state index in [2.05, 4.69) is 26.6 Å². The van der Waals surface area contributed by atoms with Crippen LogP contribution in [0, 0.1) is 6.92 Å². The van der Waals surface area contributed by atoms with Crippen LogP contribution in [-0.2, 0) is 21.1 Å². The van der Waals surface area contributed by atoms with Gasteiger partial charge in [-0.1, -0.05) is 24.3 Å². The van der Waals surface area contributed by atoms with Gasteiger partial charge in [0.2, 0.25) is 0 Å². The van der Waals surface area contributed by atoms with Gasteiger partial charge in [0.25, 0.3) is 5.91 Å². The Labute approximate surface area is 270 Å². The molecule has 2 N–H and O–H groups in total. The number of imidazole rings is 1. The van der Waals surface area contributed by atoms with Crippen molar-refractivity contribution in [2.24, 2.45) is 0 Å². The molecule has 10 nitrogen and oxygen atoms in total. The van der Waals surface area contributed by atoms with Crippen molar-refractivity contribution in [3.8, 4) is 16.8 Å². The standard InChI is InChI=1S/C35H41N5O5S/c1-24-20-40(23-36-24)31-16-25(21-39-14-8-12-29(22-39)38-34(42)45-35(2,3)4)15-30(19-31)37-33(41)28-11-6-9-26(17-28)27-10-7-13-32(18-27)46(5,43)44/h6-7,9-11,13,15-20,23,29H,8,12,14,21-22H2,1-5H3,(H,37,41)(H,38,42)/t29-/m0/s1. The molecular weight excluding hydrogens is 602 g/mol. The van der Waals surface area contributed by atoms with E-state index in [1.54, 1.807) is 42.7 Å². The number of piperidine rings is 1. The summed E-state index contributed by atoms with van der Waals surface area (Å²) in [6.45, 7) is 9.67. The molecule has 11 heteroatoms. The summed E-state index contributed by atoms with van der Waals surface area (Å²) in [7, 11) is -3.37. The van der Waals surface area contributed by atoms with Crippen molar-refractivity contribution in [2.45, 2.75) is 63.6 Å². The number of nitrogens with one attached hydrogen (secondary N) is 2. The summed E-state index contributed by atoms with van der Waals surface area (Å²) < 4.78 is 31.6. The zero-order valence-electron chi connectivity index (χ0n) is 26.9. The van der Waals surface area contributed by atoms with E-state index in [1.165, 1.54) is 6.26 Å². The van der Waals surface area contributed by atoms with E-state index in [9.17, 15) is 18.0 Å². The van der Waals surface area contributed by atoms with Crippen LogP contribution in [0.3, 0.4) is 0 Å². The Morgan fingerprint density at radius 1 is 1.02 bits per heavy atom. The minimum absolute atomic E-state index is 0.0207. The van der Waals surface area contributed by atoms with E-state index in [0.717, 1.165) is 41.9 Å². The van der Waals surface area contributed by atoms with Crippen molar-refractivity contribution in [3.05, 3.63) is 96.1 Å². The number of carbonyl (C=O) groups excluding carboxylic acids is 2. The minimum atomic E-state index is -3.37. The summed E-state index contributed by atoms with van der Waals surface area (Å²) in [5.41, 5.74) is 4.70. The van der Waals surface area contributed by atoms with E-state index < -0.39 is 21.5 Å². The first-order valence-corrected chi connectivity index (χ1v) is 17.2. The zero-order chi connectivity index (χ0) is 33.1. The second-order valence-electron chi connectivity index (χ2n) is 12.9. The molecule has 0 radical (unpaired) electrons. The number of anilines is 1. The maximum absolute atomic E-state index is 13.5. The fourth-order valence-corrected chi connectivity index (χ4v) is 6.21. The molecule has 0 unspecified atom stereocenters. The number of carbonyl (C=O) groups is 2. The highest BCUT2D eigenvalue weighted by atomic mass is 32.2. The summed E-state index contributed by atoms with van der Waals surface area (Å²) in [5.74, 6) is -0.286. The molecule has 1 atom stereocenters. The Morgan fingerprint density at radius 3 is 2.46 bits per heavy atom. The fraction of sp³-hybridized carbons (Fsp3) is 0.343. The molecule has 0 aliphatic carbocycles. The normalized spacial score (nSPS) is 15.7. The van der Waals surface area contributed by atoms with Crippen LogP contribution in [0.4, 0.5) is 10.5 Å². The molecule has 2 amide bonds. The number of ether oxygens (including phenoxy) is 1. The molecule has 1 aliphatic heterocycles. The molecule has 4 aromatic rings. The van der Waals surface area contributed by atoms with Gasteiger partial charge in [0, 0.05) is 48.5 Å². The molecule has 0 bridgehead atoms. The quantitative estimate of drug-likeness (QED) is 0.242. The summed E-state index contributed by atoms with van der Waals surface area (Å²) in [4.78, 5) is 32.8. The number of hydrogen-bond donors (Lipinski definition) is 2. The second kappa shape index (κ2) is 13.5. The molecular formula is C35H41N5O5S. The third-order valence-electron chi connectivity index (χ3n) is 7.60. The summed E-state index contributed by atoms with van der Waals surface area (Å²) in [5, 5.41) is 6.07. The number of amides is 2. The monoisotopic (exact) mass is 643 g/mol. The van der Waals surface area contributed by atoms with Crippen LogP contribution in [0.1, 0.15) is 55.2 Å². The van der Waals surface area contributed by atoms with E-state index in [0.29, 0.717) is 29.9 Å². The van der Waals surface area contributed by atoms with Gasteiger partial charge >= 0.3 is 6.09 Å². The number of benzene rings is 3. The lowest BCUT2D eigenvalue weighted by Crippen LogP contribution is -2.48. The summed E-state index contributed by atoms with van der Waals surface area (Å²) in [6, 6.07) is 19.7. The fourth-order valence-electron chi connectivity index (χ4n) is 5.55. The highest BCUT2D eigenvalue weighted by molar-refractivity contribution is 7.90. The second-order valence-corrected chi connectivity index (χ2v) is 14.9. The highest BCUT2D eigenvalue weighted by Gasteiger charge is 2.24. The Morgan fingerprint density at radius 2 is 1.76 bits per heavy atom. The molecule has 2 heterocycles. The number of hydrogen-bond acceptors (Lipinski definition) is 7. The van der Waals surface area contributed by atoms with Crippen LogP contribution >= 0.6 is 0 Å². The third-order valence-corrected chi connectivity index (χ3v) is 8.71. The zero-order valence-corrected chi connectivity index (χ0v) is 27.7. The molecule has 1 fully saturated rings. The van der Waals surface area contributed by atoms with Gasteiger partial charge in [-0.3, -0.25) is 9.69 Å². The Balaban J connectivity index is 1.36. The number of aryl methyl sites for hydroxylation is 1. The molecule has 1 aliphatic rings. The van der Waals surface area contributed by atoms with Gasteiger partial charge in [-0.15, -0.1) is 0 Å². The first kappa shape index (κ1) is 32.9. The van der Waals surface area contributed by atoms with E-state index >= 15 is 0 Å². The van der Waals surface area contributed by atoms with Gasteiger partial charge in [-0.25, -0.2) is 18.2 Å². The average Bonchev–Trinajstić information content (AvgIpc) is 3.42. The lowest BCUT2D eigenvalue weighted by Gasteiger charge is -2.33. The lowest BCUT2D eigenvalue weighted by molar-refractivity contribution is 0.0470. The largest absolute Gasteiger partial charge is 0.444 e. The smallest absolute Gasteiger partial charge is 0.407 e. The van der Waals surface area contributed by atoms with Gasteiger partial charge in [0.1, 0.15) is 5.60 Å². The number of aromatic nitrogens is 2. The summed E-state index contributed by atoms with van der Waals surface area (Å²) >= 11 is 0. The van der Waals surface area contributed by atoms with E-state index in [1.807, 2.05) is 62.7 Å². The number of likely N-dealkylation sites (tertiary alicyclic amines) is 1. The molecule has 242 valence electrons. The van der Waals surface area contributed by atoms with Crippen LogP contribution in [0.25, 0.3) is 16.8 Å². The molecule has 0 spiro atoms. The first-order chi connectivity index (χ1) is 21.7. The molecule has 46 heavy (non-hydrogen) atoms. The van der Waals surface area contributed by atoms with Crippen LogP contribution in [-0.4, -0.2) is 65.9 Å². The van der Waals surface area contributed by atoms with Crippen LogP contribution in [0.5, 0.6) is 0 Å². The topological polar surface area (TPSA) is 123 Å². The van der Waals surface area contributed by atoms with Crippen LogP contribution in [0.2, 0.25) is 0 Å². The van der Waals surface area contributed by atoms with Gasteiger partial charge in [-0.05, 0) is 106 Å². The van der Waals surface area contributed by atoms with Gasteiger partial charge < -0.3 is 19.9 Å². The lowest BCUT2D eigenvalue weighted by atomic mass is 10.0. The Hall–Kier alpha value is -4.48. The minimum Gasteiger partial charge on any atom is -0.444 e. The Bertz CT molecular complexity index is 1840. The SMILES string of the molecule is Cc1cn(-c2cc(CN3CCC[C@H](NC(=O)OC(C)(C)C)C3)cc(NC(=O)c3cccc(-c4cccc(S(C)(=O)=O)c4)c3)c2)cn1. The van der Waals surface area contributed by atoms with Crippen molar-refractivity contribution in [3.63, 3.8) is 0 Å². The van der Waals surface area contributed by atoms with Crippen molar-refractivity contribution in [1.29, 1.82) is 0 Å². The summed E-state index contributed by atoms with van der Waals surface area (Å²) in [6.07, 6.45) is 6.26. The van der Waals surface area contributed by atoms with E-state index in [4.69, 9.17) is 4.74 Å². The van der Waals surface area contributed by atoms with Gasteiger partial charge in [-0.2, -0.15) is 0 Å². The predicted octanol–water partition coefficient (Wildman–Crippen LogP) is 5.99. The maximum Gasteiger partial charge on any atom is 0.407 e. The molecule has 1 aromatic heterocycles. The predicted molar refractivity (Wildman–Crippen MR) is 179 cm³/mol. The maximum atomic E-state index is 13.5. The van der Waals surface area contributed by atoms with Crippen LogP contribution < -0.4 is 10.6 Å².